The summed E-state index contributed by atoms with van der Waals surface area (Å²) in [5.41, 5.74) is 8.23. The Bertz CT molecular complexity index is 598. The zero-order chi connectivity index (χ0) is 13.5. The summed E-state index contributed by atoms with van der Waals surface area (Å²) in [6.07, 6.45) is 5.14. The second-order valence-corrected chi connectivity index (χ2v) is 4.11. The molecular formula is C17H15NO. The first kappa shape index (κ1) is 12.8. The molecule has 2 rings (SSSR count). The minimum Gasteiger partial charge on any atom is -0.366 e. The zero-order valence-corrected chi connectivity index (χ0v) is 10.5. The third-order valence-electron chi connectivity index (χ3n) is 2.66. The van der Waals surface area contributed by atoms with E-state index in [-0.39, 0.29) is 0 Å². The summed E-state index contributed by atoms with van der Waals surface area (Å²) in [7, 11) is 0. The number of hydrogen-bond donors (Lipinski definition) is 1. The molecule has 0 aliphatic carbocycles. The lowest BCUT2D eigenvalue weighted by Crippen LogP contribution is -2.05. The predicted molar refractivity (Wildman–Crippen MR) is 79.1 cm³/mol. The van der Waals surface area contributed by atoms with E-state index in [0.29, 0.717) is 0 Å². The van der Waals surface area contributed by atoms with Crippen molar-refractivity contribution in [3.05, 3.63) is 83.9 Å². The van der Waals surface area contributed by atoms with Crippen molar-refractivity contribution in [1.29, 1.82) is 0 Å². The molecule has 0 saturated heterocycles. The van der Waals surface area contributed by atoms with E-state index in [1.54, 1.807) is 6.08 Å². The van der Waals surface area contributed by atoms with Gasteiger partial charge in [0.15, 0.2) is 0 Å². The van der Waals surface area contributed by atoms with Crippen LogP contribution in [0.25, 0.3) is 11.6 Å². The number of nitrogens with two attached hydrogens (primary N) is 1. The molecule has 0 bridgehead atoms. The van der Waals surface area contributed by atoms with Gasteiger partial charge in [-0.15, -0.1) is 0 Å². The highest BCUT2D eigenvalue weighted by molar-refractivity contribution is 5.93. The summed E-state index contributed by atoms with van der Waals surface area (Å²) in [5.74, 6) is -0.449. The Morgan fingerprint density at radius 3 is 2.00 bits per heavy atom. The SMILES string of the molecule is NC(=O)/C=C/C(=C/c1ccccc1)c1ccccc1. The first-order chi connectivity index (χ1) is 9.25. The van der Waals surface area contributed by atoms with Crippen LogP contribution < -0.4 is 5.73 Å². The Balaban J connectivity index is 2.40. The Morgan fingerprint density at radius 2 is 1.42 bits per heavy atom. The van der Waals surface area contributed by atoms with Gasteiger partial charge in [-0.3, -0.25) is 4.79 Å². The number of hydrogen-bond acceptors (Lipinski definition) is 1. The highest BCUT2D eigenvalue weighted by Gasteiger charge is 1.98. The summed E-state index contributed by atoms with van der Waals surface area (Å²) >= 11 is 0. The molecule has 2 N–H and O–H groups in total. The normalized spacial score (nSPS) is 11.7. The lowest BCUT2D eigenvalue weighted by Gasteiger charge is -2.03. The molecule has 0 saturated carbocycles. The Morgan fingerprint density at radius 1 is 0.842 bits per heavy atom. The van der Waals surface area contributed by atoms with E-state index in [4.69, 9.17) is 5.73 Å². The van der Waals surface area contributed by atoms with Crippen LogP contribution in [0, 0.1) is 0 Å². The minimum atomic E-state index is -0.449. The molecule has 1 amide bonds. The topological polar surface area (TPSA) is 43.1 Å². The summed E-state index contributed by atoms with van der Waals surface area (Å²) in [4.78, 5) is 10.9. The van der Waals surface area contributed by atoms with Crippen LogP contribution in [-0.2, 0) is 4.79 Å². The fourth-order valence-electron chi connectivity index (χ4n) is 1.76. The fraction of sp³-hybridized carbons (Fsp3) is 0. The lowest BCUT2D eigenvalue weighted by molar-refractivity contribution is -0.113. The van der Waals surface area contributed by atoms with Crippen molar-refractivity contribution in [1.82, 2.24) is 0 Å². The van der Waals surface area contributed by atoms with Crippen molar-refractivity contribution in [3.8, 4) is 0 Å². The zero-order valence-electron chi connectivity index (χ0n) is 10.5. The highest BCUT2D eigenvalue weighted by Crippen LogP contribution is 2.19. The van der Waals surface area contributed by atoms with Gasteiger partial charge in [-0.05, 0) is 28.9 Å². The minimum absolute atomic E-state index is 0.449. The van der Waals surface area contributed by atoms with Gasteiger partial charge in [0.05, 0.1) is 0 Å². The third kappa shape index (κ3) is 3.96. The van der Waals surface area contributed by atoms with Gasteiger partial charge in [0, 0.05) is 6.08 Å². The van der Waals surface area contributed by atoms with Crippen molar-refractivity contribution >= 4 is 17.6 Å². The third-order valence-corrected chi connectivity index (χ3v) is 2.66. The van der Waals surface area contributed by atoms with Crippen LogP contribution in [0.2, 0.25) is 0 Å². The number of allylic oxidation sites excluding steroid dienone is 2. The van der Waals surface area contributed by atoms with Crippen molar-refractivity contribution < 1.29 is 4.79 Å². The van der Waals surface area contributed by atoms with Crippen molar-refractivity contribution in [2.24, 2.45) is 5.73 Å². The van der Waals surface area contributed by atoms with E-state index >= 15 is 0 Å². The Hall–Kier alpha value is -2.61. The molecular weight excluding hydrogens is 234 g/mol. The molecule has 0 aliphatic rings. The van der Waals surface area contributed by atoms with Gasteiger partial charge in [-0.2, -0.15) is 0 Å². The van der Waals surface area contributed by atoms with Crippen LogP contribution in [0.1, 0.15) is 11.1 Å². The summed E-state index contributed by atoms with van der Waals surface area (Å²) < 4.78 is 0. The summed E-state index contributed by atoms with van der Waals surface area (Å²) in [6.45, 7) is 0. The maximum atomic E-state index is 10.9. The molecule has 0 atom stereocenters. The van der Waals surface area contributed by atoms with Crippen LogP contribution in [0.15, 0.2) is 72.8 Å². The molecule has 0 fully saturated rings. The van der Waals surface area contributed by atoms with Gasteiger partial charge in [0.25, 0.3) is 0 Å². The van der Waals surface area contributed by atoms with E-state index in [9.17, 15) is 4.79 Å². The van der Waals surface area contributed by atoms with E-state index in [2.05, 4.69) is 0 Å². The van der Waals surface area contributed by atoms with E-state index in [1.165, 1.54) is 6.08 Å². The molecule has 2 aromatic rings. The lowest BCUT2D eigenvalue weighted by atomic mass is 10.0. The Kier molecular flexibility index (Phi) is 4.29. The monoisotopic (exact) mass is 249 g/mol. The smallest absolute Gasteiger partial charge is 0.241 e. The molecule has 0 unspecified atom stereocenters. The largest absolute Gasteiger partial charge is 0.366 e. The second kappa shape index (κ2) is 6.36. The van der Waals surface area contributed by atoms with Crippen LogP contribution in [0.4, 0.5) is 0 Å². The average Bonchev–Trinajstić information content (AvgIpc) is 2.45. The van der Waals surface area contributed by atoms with Gasteiger partial charge in [-0.1, -0.05) is 60.7 Å². The van der Waals surface area contributed by atoms with Crippen LogP contribution in [-0.4, -0.2) is 5.91 Å². The van der Waals surface area contributed by atoms with E-state index < -0.39 is 5.91 Å². The molecule has 0 aromatic heterocycles. The molecule has 94 valence electrons. The molecule has 0 radical (unpaired) electrons. The van der Waals surface area contributed by atoms with Crippen LogP contribution >= 0.6 is 0 Å². The van der Waals surface area contributed by atoms with Gasteiger partial charge in [0.2, 0.25) is 5.91 Å². The summed E-state index contributed by atoms with van der Waals surface area (Å²) in [5, 5.41) is 0. The van der Waals surface area contributed by atoms with Gasteiger partial charge in [-0.25, -0.2) is 0 Å². The van der Waals surface area contributed by atoms with Crippen LogP contribution in [0.5, 0.6) is 0 Å². The number of carbonyl (C=O) groups is 1. The first-order valence-corrected chi connectivity index (χ1v) is 6.05. The number of amides is 1. The van der Waals surface area contributed by atoms with Crippen molar-refractivity contribution in [2.45, 2.75) is 0 Å². The number of primary amides is 1. The molecule has 2 nitrogen and oxygen atoms in total. The number of benzene rings is 2. The first-order valence-electron chi connectivity index (χ1n) is 6.05. The maximum absolute atomic E-state index is 10.9. The quantitative estimate of drug-likeness (QED) is 0.504. The van der Waals surface area contributed by atoms with Crippen molar-refractivity contribution in [2.75, 3.05) is 0 Å². The summed E-state index contributed by atoms with van der Waals surface area (Å²) in [6, 6.07) is 19.8. The highest BCUT2D eigenvalue weighted by atomic mass is 16.1. The molecule has 0 heterocycles. The number of rotatable bonds is 4. The Labute approximate surface area is 112 Å². The standard InChI is InChI=1S/C17H15NO/c18-17(19)12-11-16(15-9-5-2-6-10-15)13-14-7-3-1-4-8-14/h1-13H,(H2,18,19)/b12-11+,16-13-. The molecule has 0 spiro atoms. The fourth-order valence-corrected chi connectivity index (χ4v) is 1.76. The average molecular weight is 249 g/mol. The van der Waals surface area contributed by atoms with Crippen LogP contribution in [0.3, 0.4) is 0 Å². The van der Waals surface area contributed by atoms with Gasteiger partial charge >= 0.3 is 0 Å². The number of carbonyl (C=O) groups excluding carboxylic acids is 1. The van der Waals surface area contributed by atoms with Gasteiger partial charge < -0.3 is 5.73 Å². The molecule has 19 heavy (non-hydrogen) atoms. The maximum Gasteiger partial charge on any atom is 0.241 e. The van der Waals surface area contributed by atoms with E-state index in [0.717, 1.165) is 16.7 Å². The van der Waals surface area contributed by atoms with E-state index in [1.807, 2.05) is 66.7 Å². The molecule has 2 heteroatoms. The predicted octanol–water partition coefficient (Wildman–Crippen LogP) is 3.27. The molecule has 0 aliphatic heterocycles. The second-order valence-electron chi connectivity index (χ2n) is 4.11. The van der Waals surface area contributed by atoms with Crippen molar-refractivity contribution in [3.63, 3.8) is 0 Å². The van der Waals surface area contributed by atoms with Gasteiger partial charge in [0.1, 0.15) is 0 Å². The molecule has 2 aromatic carbocycles.